The molecule has 27 heavy (non-hydrogen) atoms. The highest BCUT2D eigenvalue weighted by molar-refractivity contribution is 7.16. The summed E-state index contributed by atoms with van der Waals surface area (Å²) in [5.41, 5.74) is 1.95. The highest BCUT2D eigenvalue weighted by Gasteiger charge is 2.22. The lowest BCUT2D eigenvalue weighted by molar-refractivity contribution is -0.117. The highest BCUT2D eigenvalue weighted by Crippen LogP contribution is 2.32. The first-order valence-electron chi connectivity index (χ1n) is 9.19. The minimum Gasteiger partial charge on any atom is -0.497 e. The van der Waals surface area contributed by atoms with Gasteiger partial charge in [0.1, 0.15) is 5.75 Å². The van der Waals surface area contributed by atoms with Gasteiger partial charge in [-0.25, -0.2) is 4.98 Å². The van der Waals surface area contributed by atoms with E-state index in [0.29, 0.717) is 23.4 Å². The Morgan fingerprint density at radius 2 is 2.00 bits per heavy atom. The molecule has 1 saturated heterocycles. The van der Waals surface area contributed by atoms with Gasteiger partial charge in [0.2, 0.25) is 5.91 Å². The predicted molar refractivity (Wildman–Crippen MR) is 114 cm³/mol. The lowest BCUT2D eigenvalue weighted by Gasteiger charge is -2.27. The van der Waals surface area contributed by atoms with Crippen molar-refractivity contribution in [2.45, 2.75) is 33.1 Å². The van der Waals surface area contributed by atoms with Crippen LogP contribution in [0, 0.1) is 18.8 Å². The maximum Gasteiger partial charge on any atom is 0.226 e. The van der Waals surface area contributed by atoms with Crippen molar-refractivity contribution in [2.75, 3.05) is 25.5 Å². The van der Waals surface area contributed by atoms with Crippen molar-refractivity contribution in [1.29, 1.82) is 0 Å². The molecule has 5 nitrogen and oxygen atoms in total. The summed E-state index contributed by atoms with van der Waals surface area (Å²) in [6.07, 6.45) is 2.88. The molecule has 1 aromatic heterocycles. The molecule has 1 aliphatic heterocycles. The second kappa shape index (κ2) is 10.1. The SMILES string of the molecule is COc1ccc(-c2nc(NC(=O)CC(C)C3CCNCC3)sc2C)cc1.Cl. The number of anilines is 1. The van der Waals surface area contributed by atoms with Gasteiger partial charge in [0.25, 0.3) is 0 Å². The molecule has 1 amide bonds. The smallest absolute Gasteiger partial charge is 0.226 e. The Morgan fingerprint density at radius 1 is 1.33 bits per heavy atom. The minimum atomic E-state index is 0. The maximum atomic E-state index is 12.4. The van der Waals surface area contributed by atoms with E-state index in [1.807, 2.05) is 31.2 Å². The van der Waals surface area contributed by atoms with Crippen molar-refractivity contribution in [2.24, 2.45) is 11.8 Å². The molecule has 1 atom stereocenters. The molecular formula is C20H28ClN3O2S. The van der Waals surface area contributed by atoms with Crippen molar-refractivity contribution in [1.82, 2.24) is 10.3 Å². The van der Waals surface area contributed by atoms with Gasteiger partial charge in [-0.3, -0.25) is 4.79 Å². The number of rotatable bonds is 6. The monoisotopic (exact) mass is 409 g/mol. The summed E-state index contributed by atoms with van der Waals surface area (Å²) < 4.78 is 5.20. The molecule has 2 N–H and O–H groups in total. The molecule has 0 saturated carbocycles. The van der Waals surface area contributed by atoms with Crippen LogP contribution >= 0.6 is 23.7 Å². The summed E-state index contributed by atoms with van der Waals surface area (Å²) in [6.45, 7) is 6.34. The van der Waals surface area contributed by atoms with Crippen LogP contribution in [-0.4, -0.2) is 31.1 Å². The molecule has 7 heteroatoms. The molecule has 148 valence electrons. The minimum absolute atomic E-state index is 0. The fourth-order valence-electron chi connectivity index (χ4n) is 3.51. The van der Waals surface area contributed by atoms with Crippen LogP contribution < -0.4 is 15.4 Å². The van der Waals surface area contributed by atoms with Crippen molar-refractivity contribution in [3.05, 3.63) is 29.1 Å². The van der Waals surface area contributed by atoms with Gasteiger partial charge < -0.3 is 15.4 Å². The molecule has 1 aliphatic rings. The van der Waals surface area contributed by atoms with E-state index < -0.39 is 0 Å². The Labute approximate surface area is 171 Å². The predicted octanol–water partition coefficient (Wildman–Crippen LogP) is 4.51. The molecule has 1 fully saturated rings. The van der Waals surface area contributed by atoms with Gasteiger partial charge in [-0.15, -0.1) is 23.7 Å². The molecule has 2 heterocycles. The third kappa shape index (κ3) is 5.67. The van der Waals surface area contributed by atoms with Crippen LogP contribution in [0.3, 0.4) is 0 Å². The molecule has 0 bridgehead atoms. The molecule has 3 rings (SSSR count). The summed E-state index contributed by atoms with van der Waals surface area (Å²) in [7, 11) is 1.65. The van der Waals surface area contributed by atoms with E-state index in [1.165, 1.54) is 11.3 Å². The van der Waals surface area contributed by atoms with Crippen LogP contribution in [0.5, 0.6) is 5.75 Å². The number of hydrogen-bond donors (Lipinski definition) is 2. The lowest BCUT2D eigenvalue weighted by Crippen LogP contribution is -2.32. The fourth-order valence-corrected chi connectivity index (χ4v) is 4.36. The van der Waals surface area contributed by atoms with Gasteiger partial charge in [-0.05, 0) is 69.0 Å². The number of carbonyl (C=O) groups excluding carboxylic acids is 1. The van der Waals surface area contributed by atoms with Gasteiger partial charge in [0.15, 0.2) is 5.13 Å². The maximum absolute atomic E-state index is 12.4. The van der Waals surface area contributed by atoms with Crippen LogP contribution in [-0.2, 0) is 4.79 Å². The Morgan fingerprint density at radius 3 is 2.63 bits per heavy atom. The van der Waals surface area contributed by atoms with E-state index in [9.17, 15) is 4.79 Å². The number of hydrogen-bond acceptors (Lipinski definition) is 5. The van der Waals surface area contributed by atoms with E-state index in [2.05, 4.69) is 22.5 Å². The summed E-state index contributed by atoms with van der Waals surface area (Å²) in [5.74, 6) is 1.92. The van der Waals surface area contributed by atoms with Gasteiger partial charge in [0, 0.05) is 16.9 Å². The number of ether oxygens (including phenoxy) is 1. The van der Waals surface area contributed by atoms with E-state index in [4.69, 9.17) is 4.74 Å². The topological polar surface area (TPSA) is 63.2 Å². The molecule has 1 aromatic carbocycles. The number of amides is 1. The number of benzene rings is 1. The van der Waals surface area contributed by atoms with Crippen LogP contribution in [0.1, 0.15) is 31.1 Å². The zero-order valence-corrected chi connectivity index (χ0v) is 17.7. The Balaban J connectivity index is 0.00000261. The molecular weight excluding hydrogens is 382 g/mol. The van der Waals surface area contributed by atoms with Crippen molar-refractivity contribution in [3.63, 3.8) is 0 Å². The number of aryl methyl sites for hydroxylation is 1. The van der Waals surface area contributed by atoms with Crippen LogP contribution in [0.4, 0.5) is 5.13 Å². The average molecular weight is 410 g/mol. The van der Waals surface area contributed by atoms with Gasteiger partial charge in [-0.2, -0.15) is 0 Å². The van der Waals surface area contributed by atoms with Crippen LogP contribution in [0.2, 0.25) is 0 Å². The fraction of sp³-hybridized carbons (Fsp3) is 0.500. The number of aromatic nitrogens is 1. The first kappa shape index (κ1) is 21.7. The van der Waals surface area contributed by atoms with Crippen molar-refractivity contribution < 1.29 is 9.53 Å². The van der Waals surface area contributed by atoms with Gasteiger partial charge >= 0.3 is 0 Å². The zero-order chi connectivity index (χ0) is 18.5. The van der Waals surface area contributed by atoms with Gasteiger partial charge in [-0.1, -0.05) is 6.92 Å². The third-order valence-electron chi connectivity index (χ3n) is 5.10. The standard InChI is InChI=1S/C20H27N3O2S.ClH/c1-13(15-8-10-21-11-9-15)12-18(24)22-20-23-19(14(2)26-20)16-4-6-17(25-3)7-5-16;/h4-7,13,15,21H,8-12H2,1-3H3,(H,22,23,24);1H. The number of carbonyl (C=O) groups is 1. The quantitative estimate of drug-likeness (QED) is 0.736. The van der Waals surface area contributed by atoms with Crippen molar-refractivity contribution >= 4 is 34.8 Å². The van der Waals surface area contributed by atoms with E-state index in [1.54, 1.807) is 7.11 Å². The van der Waals surface area contributed by atoms with E-state index >= 15 is 0 Å². The summed E-state index contributed by atoms with van der Waals surface area (Å²) in [4.78, 5) is 18.2. The first-order valence-corrected chi connectivity index (χ1v) is 10.0. The van der Waals surface area contributed by atoms with Gasteiger partial charge in [0.05, 0.1) is 12.8 Å². The summed E-state index contributed by atoms with van der Waals surface area (Å²) in [6, 6.07) is 7.83. The number of nitrogens with zero attached hydrogens (tertiary/aromatic N) is 1. The van der Waals surface area contributed by atoms with Crippen LogP contribution in [0.15, 0.2) is 24.3 Å². The number of nitrogens with one attached hydrogen (secondary N) is 2. The normalized spacial score (nSPS) is 15.7. The third-order valence-corrected chi connectivity index (χ3v) is 5.99. The number of thiazole rings is 1. The molecule has 0 radical (unpaired) electrons. The first-order chi connectivity index (χ1) is 12.6. The summed E-state index contributed by atoms with van der Waals surface area (Å²) in [5, 5.41) is 7.05. The second-order valence-electron chi connectivity index (χ2n) is 6.97. The Hall–Kier alpha value is -1.63. The number of piperidine rings is 1. The largest absolute Gasteiger partial charge is 0.497 e. The number of halogens is 1. The molecule has 0 aliphatic carbocycles. The Kier molecular flexibility index (Phi) is 8.07. The second-order valence-corrected chi connectivity index (χ2v) is 8.17. The van der Waals surface area contributed by atoms with Crippen molar-refractivity contribution in [3.8, 4) is 17.0 Å². The Bertz CT molecular complexity index is 742. The zero-order valence-electron chi connectivity index (χ0n) is 16.1. The number of methoxy groups -OCH3 is 1. The van der Waals surface area contributed by atoms with E-state index in [0.717, 1.165) is 47.8 Å². The molecule has 1 unspecified atom stereocenters. The van der Waals surface area contributed by atoms with E-state index in [-0.39, 0.29) is 18.3 Å². The van der Waals surface area contributed by atoms with Crippen LogP contribution in [0.25, 0.3) is 11.3 Å². The lowest BCUT2D eigenvalue weighted by atomic mass is 9.84. The summed E-state index contributed by atoms with van der Waals surface area (Å²) >= 11 is 1.53. The molecule has 2 aromatic rings. The molecule has 0 spiro atoms. The highest BCUT2D eigenvalue weighted by atomic mass is 35.5. The average Bonchev–Trinajstić information content (AvgIpc) is 3.02.